The first kappa shape index (κ1) is 33.3. The van der Waals surface area contributed by atoms with Gasteiger partial charge in [0.05, 0.1) is 5.52 Å². The number of amides is 2. The highest BCUT2D eigenvalue weighted by atomic mass is 35.5. The van der Waals surface area contributed by atoms with Crippen LogP contribution in [0.4, 0.5) is 5.69 Å². The molecule has 2 fully saturated rings. The van der Waals surface area contributed by atoms with E-state index in [0.717, 1.165) is 48.6 Å². The predicted molar refractivity (Wildman–Crippen MR) is 199 cm³/mol. The molecule has 7 rings (SSSR count). The molecule has 2 unspecified atom stereocenters. The fourth-order valence-electron chi connectivity index (χ4n) is 6.84. The van der Waals surface area contributed by atoms with Crippen LogP contribution < -0.4 is 10.2 Å². The van der Waals surface area contributed by atoms with Gasteiger partial charge in [0.2, 0.25) is 5.91 Å². The molecule has 1 aliphatic carbocycles. The molecule has 2 atom stereocenters. The molecule has 9 heteroatoms. The van der Waals surface area contributed by atoms with Crippen LogP contribution in [0.15, 0.2) is 102 Å². The van der Waals surface area contributed by atoms with Crippen LogP contribution in [-0.4, -0.2) is 65.4 Å². The summed E-state index contributed by atoms with van der Waals surface area (Å²) >= 11 is 7.91. The SMILES string of the molecule is CC(c1ccccc1N1CCN(C(=O)C(Cc2ccc(Cl)cc2)NC(=O)c2ccc3ncccc3c2)CC1)N(Cc1ccsc1)CC1CC1. The molecular weight excluding hydrogens is 650 g/mol. The van der Waals surface area contributed by atoms with Gasteiger partial charge in [0.1, 0.15) is 6.04 Å². The number of carbonyl (C=O) groups is 2. The van der Waals surface area contributed by atoms with E-state index in [-0.39, 0.29) is 17.9 Å². The van der Waals surface area contributed by atoms with Crippen LogP contribution in [0.25, 0.3) is 10.9 Å². The van der Waals surface area contributed by atoms with Gasteiger partial charge in [0.15, 0.2) is 0 Å². The first-order valence-corrected chi connectivity index (χ1v) is 18.5. The van der Waals surface area contributed by atoms with Gasteiger partial charge < -0.3 is 15.1 Å². The third kappa shape index (κ3) is 8.15. The van der Waals surface area contributed by atoms with Crippen molar-refractivity contribution in [1.29, 1.82) is 0 Å². The second kappa shape index (κ2) is 15.1. The van der Waals surface area contributed by atoms with Crippen molar-refractivity contribution in [2.24, 2.45) is 5.92 Å². The molecule has 5 aromatic rings. The first-order chi connectivity index (χ1) is 23.9. The van der Waals surface area contributed by atoms with Gasteiger partial charge in [-0.3, -0.25) is 19.5 Å². The van der Waals surface area contributed by atoms with E-state index in [2.05, 4.69) is 68.1 Å². The fraction of sp³-hybridized carbons (Fsp3) is 0.325. The number of para-hydroxylation sites is 1. The number of halogens is 1. The minimum Gasteiger partial charge on any atom is -0.368 e. The van der Waals surface area contributed by atoms with Gasteiger partial charge in [-0.25, -0.2) is 0 Å². The smallest absolute Gasteiger partial charge is 0.251 e. The third-order valence-electron chi connectivity index (χ3n) is 9.84. The van der Waals surface area contributed by atoms with Crippen molar-refractivity contribution in [1.82, 2.24) is 20.1 Å². The fourth-order valence-corrected chi connectivity index (χ4v) is 7.62. The lowest BCUT2D eigenvalue weighted by Gasteiger charge is -2.40. The summed E-state index contributed by atoms with van der Waals surface area (Å²) in [5, 5.41) is 9.01. The molecule has 3 aromatic carbocycles. The van der Waals surface area contributed by atoms with Crippen LogP contribution in [0.2, 0.25) is 5.02 Å². The Balaban J connectivity index is 1.05. The van der Waals surface area contributed by atoms with Crippen molar-refractivity contribution in [3.05, 3.63) is 129 Å². The Labute approximate surface area is 297 Å². The molecule has 7 nitrogen and oxygen atoms in total. The molecule has 49 heavy (non-hydrogen) atoms. The summed E-state index contributed by atoms with van der Waals surface area (Å²) in [5.74, 6) is 0.443. The minimum absolute atomic E-state index is 0.0709. The van der Waals surface area contributed by atoms with E-state index in [9.17, 15) is 9.59 Å². The topological polar surface area (TPSA) is 68.8 Å². The number of anilines is 1. The van der Waals surface area contributed by atoms with Gasteiger partial charge >= 0.3 is 0 Å². The molecule has 252 valence electrons. The molecule has 1 aliphatic heterocycles. The van der Waals surface area contributed by atoms with Crippen molar-refractivity contribution < 1.29 is 9.59 Å². The molecule has 2 amide bonds. The summed E-state index contributed by atoms with van der Waals surface area (Å²) < 4.78 is 0. The highest BCUT2D eigenvalue weighted by Gasteiger charge is 2.32. The van der Waals surface area contributed by atoms with Crippen molar-refractivity contribution >= 4 is 51.3 Å². The van der Waals surface area contributed by atoms with E-state index < -0.39 is 6.04 Å². The van der Waals surface area contributed by atoms with E-state index in [1.165, 1.54) is 29.7 Å². The second-order valence-electron chi connectivity index (χ2n) is 13.3. The third-order valence-corrected chi connectivity index (χ3v) is 10.8. The van der Waals surface area contributed by atoms with Gasteiger partial charge in [0, 0.05) is 79.6 Å². The summed E-state index contributed by atoms with van der Waals surface area (Å²) in [6.07, 6.45) is 4.75. The molecule has 1 saturated heterocycles. The van der Waals surface area contributed by atoms with E-state index >= 15 is 0 Å². The Bertz CT molecular complexity index is 1890. The number of fused-ring (bicyclic) bond motifs is 1. The molecule has 0 radical (unpaired) electrons. The number of hydrogen-bond donors (Lipinski definition) is 1. The van der Waals surface area contributed by atoms with E-state index in [0.29, 0.717) is 30.1 Å². The predicted octanol–water partition coefficient (Wildman–Crippen LogP) is 7.61. The highest BCUT2D eigenvalue weighted by Crippen LogP contribution is 2.36. The van der Waals surface area contributed by atoms with Crippen molar-refractivity contribution in [3.8, 4) is 0 Å². The van der Waals surface area contributed by atoms with Gasteiger partial charge in [-0.2, -0.15) is 11.3 Å². The second-order valence-corrected chi connectivity index (χ2v) is 14.5. The van der Waals surface area contributed by atoms with Crippen LogP contribution in [0.3, 0.4) is 0 Å². The van der Waals surface area contributed by atoms with Gasteiger partial charge in [-0.1, -0.05) is 48.0 Å². The van der Waals surface area contributed by atoms with Crippen molar-refractivity contribution in [2.75, 3.05) is 37.6 Å². The molecule has 3 heterocycles. The maximum absolute atomic E-state index is 14.2. The maximum atomic E-state index is 14.2. The molecule has 2 aliphatic rings. The van der Waals surface area contributed by atoms with Crippen molar-refractivity contribution in [2.45, 2.75) is 44.8 Å². The van der Waals surface area contributed by atoms with Gasteiger partial charge in [-0.05, 0) is 102 Å². The zero-order valence-electron chi connectivity index (χ0n) is 27.8. The lowest BCUT2D eigenvalue weighted by molar-refractivity contribution is -0.133. The molecular formula is C40H42ClN5O2S. The first-order valence-electron chi connectivity index (χ1n) is 17.2. The number of pyridine rings is 1. The minimum atomic E-state index is -0.717. The summed E-state index contributed by atoms with van der Waals surface area (Å²) in [7, 11) is 0. The monoisotopic (exact) mass is 691 g/mol. The van der Waals surface area contributed by atoms with Gasteiger partial charge in [-0.15, -0.1) is 0 Å². The maximum Gasteiger partial charge on any atom is 0.251 e. The number of aromatic nitrogens is 1. The number of nitrogens with one attached hydrogen (secondary N) is 1. The standard InChI is InChI=1S/C40H42ClN5O2S/c1-28(46(25-30-8-9-30)26-31-16-22-49-27-31)35-6-2-3-7-38(35)44-18-20-45(21-19-44)40(48)37(23-29-10-13-34(41)14-11-29)43-39(47)33-12-15-36-32(24-33)5-4-17-42-36/h2-7,10-17,22,24,27-28,30,37H,8-9,18-21,23,25-26H2,1H3,(H,43,47). The number of carbonyl (C=O) groups excluding carboxylic acids is 2. The Morgan fingerprint density at radius 1 is 0.959 bits per heavy atom. The largest absolute Gasteiger partial charge is 0.368 e. The average molecular weight is 692 g/mol. The normalized spacial score (nSPS) is 16.1. The van der Waals surface area contributed by atoms with E-state index in [1.54, 1.807) is 23.6 Å². The zero-order chi connectivity index (χ0) is 33.7. The average Bonchev–Trinajstić information content (AvgIpc) is 3.81. The number of nitrogens with zero attached hydrogens (tertiary/aromatic N) is 4. The Kier molecular flexibility index (Phi) is 10.3. The quantitative estimate of drug-likeness (QED) is 0.146. The molecule has 2 aromatic heterocycles. The Morgan fingerprint density at radius 3 is 2.51 bits per heavy atom. The number of piperazine rings is 1. The molecule has 0 spiro atoms. The summed E-state index contributed by atoms with van der Waals surface area (Å²) in [6.45, 7) is 7.01. The summed E-state index contributed by atoms with van der Waals surface area (Å²) in [4.78, 5) is 39.1. The molecule has 0 bridgehead atoms. The number of hydrogen-bond acceptors (Lipinski definition) is 6. The molecule has 1 N–H and O–H groups in total. The summed E-state index contributed by atoms with van der Waals surface area (Å²) in [5.41, 5.74) is 6.20. The van der Waals surface area contributed by atoms with Crippen LogP contribution in [0.1, 0.15) is 52.9 Å². The summed E-state index contributed by atoms with van der Waals surface area (Å²) in [6, 6.07) is 27.2. The number of benzene rings is 3. The highest BCUT2D eigenvalue weighted by molar-refractivity contribution is 7.07. The Hall–Kier alpha value is -4.24. The van der Waals surface area contributed by atoms with Crippen LogP contribution in [-0.2, 0) is 17.8 Å². The number of thiophene rings is 1. The number of rotatable bonds is 12. The molecule has 1 saturated carbocycles. The van der Waals surface area contributed by atoms with Crippen LogP contribution >= 0.6 is 22.9 Å². The van der Waals surface area contributed by atoms with E-state index in [1.807, 2.05) is 53.4 Å². The Morgan fingerprint density at radius 2 is 1.76 bits per heavy atom. The zero-order valence-corrected chi connectivity index (χ0v) is 29.4. The lowest BCUT2D eigenvalue weighted by Crippen LogP contribution is -2.55. The van der Waals surface area contributed by atoms with Crippen LogP contribution in [0.5, 0.6) is 0 Å². The lowest BCUT2D eigenvalue weighted by atomic mass is 10.0. The van der Waals surface area contributed by atoms with Gasteiger partial charge in [0.25, 0.3) is 5.91 Å². The van der Waals surface area contributed by atoms with Crippen LogP contribution in [0, 0.1) is 5.92 Å². The van der Waals surface area contributed by atoms with E-state index in [4.69, 9.17) is 11.6 Å². The van der Waals surface area contributed by atoms with Crippen molar-refractivity contribution in [3.63, 3.8) is 0 Å².